The smallest absolute Gasteiger partial charge is 0.155 e. The van der Waals surface area contributed by atoms with Gasteiger partial charge in [-0.2, -0.15) is 0 Å². The quantitative estimate of drug-likeness (QED) is 0.814. The number of anilines is 1. The molecule has 0 aliphatic heterocycles. The van der Waals surface area contributed by atoms with Crippen molar-refractivity contribution in [2.75, 3.05) is 5.32 Å². The topological polar surface area (TPSA) is 64.1 Å². The van der Waals surface area contributed by atoms with E-state index in [1.165, 1.54) is 6.07 Å². The Labute approximate surface area is 103 Å². The first-order chi connectivity index (χ1) is 8.16. The second-order valence-corrected chi connectivity index (χ2v) is 3.83. The van der Waals surface area contributed by atoms with Crippen LogP contribution in [0, 0.1) is 5.82 Å². The molecule has 2 rings (SSSR count). The minimum Gasteiger partial charge on any atom is -0.389 e. The van der Waals surface area contributed by atoms with Crippen LogP contribution >= 0.6 is 12.2 Å². The molecule has 0 saturated carbocycles. The van der Waals surface area contributed by atoms with Crippen molar-refractivity contribution in [1.82, 2.24) is 5.16 Å². The Morgan fingerprint density at radius 2 is 2.29 bits per heavy atom. The van der Waals surface area contributed by atoms with Crippen molar-refractivity contribution in [3.8, 4) is 0 Å². The molecule has 0 aliphatic carbocycles. The van der Waals surface area contributed by atoms with Crippen molar-refractivity contribution in [2.45, 2.75) is 6.54 Å². The van der Waals surface area contributed by atoms with Gasteiger partial charge in [0.15, 0.2) is 5.76 Å². The molecule has 0 radical (unpaired) electrons. The van der Waals surface area contributed by atoms with E-state index in [-0.39, 0.29) is 10.6 Å². The Morgan fingerprint density at radius 1 is 1.47 bits per heavy atom. The summed E-state index contributed by atoms with van der Waals surface area (Å²) in [5.41, 5.74) is 6.23. The van der Waals surface area contributed by atoms with E-state index in [4.69, 9.17) is 22.5 Å². The number of aromatic nitrogens is 1. The lowest BCUT2D eigenvalue weighted by atomic mass is 10.2. The zero-order valence-electron chi connectivity index (χ0n) is 8.81. The third-order valence-electron chi connectivity index (χ3n) is 2.19. The summed E-state index contributed by atoms with van der Waals surface area (Å²) in [7, 11) is 0. The largest absolute Gasteiger partial charge is 0.389 e. The molecular formula is C11H10FN3OS. The van der Waals surface area contributed by atoms with Crippen LogP contribution in [0.25, 0.3) is 0 Å². The van der Waals surface area contributed by atoms with Gasteiger partial charge in [0.25, 0.3) is 0 Å². The molecule has 0 unspecified atom stereocenters. The summed E-state index contributed by atoms with van der Waals surface area (Å²) >= 11 is 4.72. The molecule has 0 fully saturated rings. The van der Waals surface area contributed by atoms with Crippen molar-refractivity contribution in [2.24, 2.45) is 5.73 Å². The first-order valence-electron chi connectivity index (χ1n) is 4.89. The van der Waals surface area contributed by atoms with Crippen LogP contribution < -0.4 is 11.1 Å². The van der Waals surface area contributed by atoms with Crippen molar-refractivity contribution in [3.63, 3.8) is 0 Å². The molecule has 0 aliphatic rings. The van der Waals surface area contributed by atoms with Gasteiger partial charge >= 0.3 is 0 Å². The average Bonchev–Trinajstić information content (AvgIpc) is 2.78. The second-order valence-electron chi connectivity index (χ2n) is 3.39. The predicted molar refractivity (Wildman–Crippen MR) is 66.1 cm³/mol. The number of hydrogen-bond donors (Lipinski definition) is 2. The highest BCUT2D eigenvalue weighted by Gasteiger charge is 2.06. The summed E-state index contributed by atoms with van der Waals surface area (Å²) in [5, 5.41) is 6.56. The van der Waals surface area contributed by atoms with Crippen LogP contribution in [0.4, 0.5) is 10.1 Å². The van der Waals surface area contributed by atoms with E-state index in [1.807, 2.05) is 0 Å². The third-order valence-corrected chi connectivity index (χ3v) is 2.41. The average molecular weight is 251 g/mol. The highest BCUT2D eigenvalue weighted by Crippen LogP contribution is 2.15. The summed E-state index contributed by atoms with van der Waals surface area (Å²) in [6.07, 6.45) is 1.55. The number of benzene rings is 1. The Morgan fingerprint density at radius 3 is 2.88 bits per heavy atom. The minimum atomic E-state index is -0.444. The van der Waals surface area contributed by atoms with Crippen LogP contribution in [0.3, 0.4) is 0 Å². The molecule has 17 heavy (non-hydrogen) atoms. The number of rotatable bonds is 4. The molecule has 3 N–H and O–H groups in total. The molecule has 0 spiro atoms. The zero-order valence-corrected chi connectivity index (χ0v) is 9.63. The highest BCUT2D eigenvalue weighted by atomic mass is 32.1. The number of hydrogen-bond acceptors (Lipinski definition) is 4. The van der Waals surface area contributed by atoms with E-state index in [0.717, 1.165) is 0 Å². The summed E-state index contributed by atoms with van der Waals surface area (Å²) in [5.74, 6) is 0.226. The highest BCUT2D eigenvalue weighted by molar-refractivity contribution is 7.80. The summed E-state index contributed by atoms with van der Waals surface area (Å²) in [6, 6.07) is 6.31. The molecule has 4 nitrogen and oxygen atoms in total. The maximum Gasteiger partial charge on any atom is 0.155 e. The molecule has 6 heteroatoms. The lowest BCUT2D eigenvalue weighted by Crippen LogP contribution is -2.11. The maximum absolute atomic E-state index is 13.5. The SMILES string of the molecule is NC(=S)c1ccc(NCc2ccno2)cc1F. The van der Waals surface area contributed by atoms with Crippen LogP contribution in [0.5, 0.6) is 0 Å². The molecule has 0 bridgehead atoms. The molecule has 2 aromatic rings. The zero-order chi connectivity index (χ0) is 12.3. The number of halogens is 1. The lowest BCUT2D eigenvalue weighted by molar-refractivity contribution is 0.388. The van der Waals surface area contributed by atoms with E-state index >= 15 is 0 Å². The van der Waals surface area contributed by atoms with Gasteiger partial charge in [0.2, 0.25) is 0 Å². The fourth-order valence-corrected chi connectivity index (χ4v) is 1.51. The standard InChI is InChI=1S/C11H10FN3OS/c12-10-5-7(1-2-9(10)11(13)17)14-6-8-3-4-15-16-8/h1-5,14H,6H2,(H2,13,17). The maximum atomic E-state index is 13.5. The van der Waals surface area contributed by atoms with Crippen molar-refractivity contribution in [1.29, 1.82) is 0 Å². The molecule has 1 aromatic heterocycles. The summed E-state index contributed by atoms with van der Waals surface area (Å²) in [6.45, 7) is 0.436. The van der Waals surface area contributed by atoms with Crippen LogP contribution in [0.15, 0.2) is 35.0 Å². The van der Waals surface area contributed by atoms with E-state index in [0.29, 0.717) is 18.0 Å². The van der Waals surface area contributed by atoms with E-state index in [2.05, 4.69) is 10.5 Å². The van der Waals surface area contributed by atoms with Crippen molar-refractivity contribution in [3.05, 3.63) is 47.6 Å². The fraction of sp³-hybridized carbons (Fsp3) is 0.0909. The number of thiocarbonyl (C=S) groups is 1. The van der Waals surface area contributed by atoms with Crippen LogP contribution in [0.2, 0.25) is 0 Å². The minimum absolute atomic E-state index is 0.0456. The molecule has 0 amide bonds. The van der Waals surface area contributed by atoms with Crippen LogP contribution in [-0.2, 0) is 6.54 Å². The van der Waals surface area contributed by atoms with Gasteiger partial charge < -0.3 is 15.6 Å². The molecule has 0 saturated heterocycles. The van der Waals surface area contributed by atoms with Crippen molar-refractivity contribution >= 4 is 22.9 Å². The monoisotopic (exact) mass is 251 g/mol. The lowest BCUT2D eigenvalue weighted by Gasteiger charge is -2.06. The van der Waals surface area contributed by atoms with Gasteiger partial charge in [-0.15, -0.1) is 0 Å². The molecule has 88 valence electrons. The Bertz CT molecular complexity index is 528. The van der Waals surface area contributed by atoms with Crippen LogP contribution in [0.1, 0.15) is 11.3 Å². The Hall–Kier alpha value is -1.95. The number of nitrogens with two attached hydrogens (primary N) is 1. The van der Waals surface area contributed by atoms with Crippen LogP contribution in [-0.4, -0.2) is 10.1 Å². The third kappa shape index (κ3) is 2.79. The Kier molecular flexibility index (Phi) is 3.34. The van der Waals surface area contributed by atoms with E-state index < -0.39 is 5.82 Å². The van der Waals surface area contributed by atoms with E-state index in [9.17, 15) is 4.39 Å². The summed E-state index contributed by atoms with van der Waals surface area (Å²) in [4.78, 5) is 0.0456. The first kappa shape index (κ1) is 11.5. The second kappa shape index (κ2) is 4.92. The summed E-state index contributed by atoms with van der Waals surface area (Å²) < 4.78 is 18.4. The molecular weight excluding hydrogens is 241 g/mol. The fourth-order valence-electron chi connectivity index (χ4n) is 1.35. The number of nitrogens with zero attached hydrogens (tertiary/aromatic N) is 1. The molecule has 1 heterocycles. The normalized spacial score (nSPS) is 10.2. The Balaban J connectivity index is 2.07. The predicted octanol–water partition coefficient (Wildman–Crippen LogP) is 2.06. The van der Waals surface area contributed by atoms with E-state index in [1.54, 1.807) is 24.4 Å². The first-order valence-corrected chi connectivity index (χ1v) is 5.30. The van der Waals surface area contributed by atoms with Gasteiger partial charge in [-0.1, -0.05) is 17.4 Å². The van der Waals surface area contributed by atoms with Gasteiger partial charge in [0.1, 0.15) is 10.8 Å². The van der Waals surface area contributed by atoms with Crippen molar-refractivity contribution < 1.29 is 8.91 Å². The van der Waals surface area contributed by atoms with Gasteiger partial charge in [-0.25, -0.2) is 4.39 Å². The number of nitrogens with one attached hydrogen (secondary N) is 1. The van der Waals surface area contributed by atoms with Gasteiger partial charge in [0.05, 0.1) is 12.7 Å². The van der Waals surface area contributed by atoms with Gasteiger partial charge in [-0.3, -0.25) is 0 Å². The van der Waals surface area contributed by atoms with Gasteiger partial charge in [-0.05, 0) is 18.2 Å². The molecule has 0 atom stereocenters. The molecule has 1 aromatic carbocycles. The van der Waals surface area contributed by atoms with Gasteiger partial charge in [0, 0.05) is 17.3 Å².